The Morgan fingerprint density at radius 2 is 1.95 bits per heavy atom. The Balaban J connectivity index is 1.51. The molecule has 39 heavy (non-hydrogen) atoms. The third kappa shape index (κ3) is 5.47. The number of hydrogen-bond donors (Lipinski definition) is 4. The number of halogens is 1. The molecule has 3 aromatic carbocycles. The molecule has 3 aromatic rings. The van der Waals surface area contributed by atoms with E-state index >= 15 is 0 Å². The number of anilines is 1. The fourth-order valence-corrected chi connectivity index (χ4v) is 5.16. The zero-order valence-electron chi connectivity index (χ0n) is 21.4. The lowest BCUT2D eigenvalue weighted by Crippen LogP contribution is -2.46. The van der Waals surface area contributed by atoms with Gasteiger partial charge in [0.25, 0.3) is 0 Å². The van der Waals surface area contributed by atoms with E-state index in [1.165, 1.54) is 0 Å². The minimum atomic E-state index is -1.60. The van der Waals surface area contributed by atoms with E-state index in [0.29, 0.717) is 27.5 Å². The number of hydrogen-bond acceptors (Lipinski definition) is 7. The minimum absolute atomic E-state index is 0.0567. The smallest absolute Gasteiger partial charge is 0.488 e. The first-order chi connectivity index (χ1) is 18.7. The molecule has 0 bridgehead atoms. The predicted octanol–water partition coefficient (Wildman–Crippen LogP) is 1.73. The molecule has 2 aliphatic rings. The molecule has 12 heteroatoms. The van der Waals surface area contributed by atoms with Crippen LogP contribution in [-0.2, 0) is 11.3 Å². The third-order valence-electron chi connectivity index (χ3n) is 6.88. The van der Waals surface area contributed by atoms with Crippen molar-refractivity contribution in [2.45, 2.75) is 38.3 Å². The Labute approximate surface area is 231 Å². The summed E-state index contributed by atoms with van der Waals surface area (Å²) in [5.41, 5.74) is 6.92. The molecule has 3 atom stereocenters. The highest BCUT2D eigenvalue weighted by atomic mass is 35.5. The van der Waals surface area contributed by atoms with Crippen LogP contribution in [0.15, 0.2) is 71.7 Å². The van der Waals surface area contributed by atoms with Crippen LogP contribution in [0.25, 0.3) is 0 Å². The number of carbonyl (C=O) groups is 1. The van der Waals surface area contributed by atoms with Crippen LogP contribution in [-0.4, -0.2) is 59.1 Å². The first-order valence-corrected chi connectivity index (χ1v) is 12.9. The van der Waals surface area contributed by atoms with Crippen molar-refractivity contribution >= 4 is 41.5 Å². The maximum Gasteiger partial charge on any atom is 0.488 e. The van der Waals surface area contributed by atoms with Gasteiger partial charge in [0.05, 0.1) is 29.8 Å². The number of rotatable bonds is 7. The van der Waals surface area contributed by atoms with Gasteiger partial charge in [-0.2, -0.15) is 0 Å². The van der Waals surface area contributed by atoms with Crippen molar-refractivity contribution in [3.05, 3.63) is 93.4 Å². The molecule has 10 nitrogen and oxygen atoms in total. The maximum atomic E-state index is 13.2. The summed E-state index contributed by atoms with van der Waals surface area (Å²) in [6, 6.07) is 18.8. The molecule has 5 rings (SSSR count). The van der Waals surface area contributed by atoms with Gasteiger partial charge in [0.2, 0.25) is 5.91 Å². The number of nitrogens with one attached hydrogen (secondary N) is 2. The van der Waals surface area contributed by atoms with Crippen molar-refractivity contribution in [3.8, 4) is 5.75 Å². The predicted molar refractivity (Wildman–Crippen MR) is 149 cm³/mol. The number of carbonyl (C=O) groups excluding carboxylic acids is 1. The Morgan fingerprint density at radius 3 is 2.67 bits per heavy atom. The van der Waals surface area contributed by atoms with Crippen LogP contribution < -0.4 is 25.8 Å². The van der Waals surface area contributed by atoms with E-state index in [4.69, 9.17) is 21.3 Å². The summed E-state index contributed by atoms with van der Waals surface area (Å²) < 4.78 is 5.49. The van der Waals surface area contributed by atoms with Gasteiger partial charge in [0.1, 0.15) is 16.7 Å². The number of fused-ring (bicyclic) bond motifs is 3. The Morgan fingerprint density at radius 1 is 1.18 bits per heavy atom. The van der Waals surface area contributed by atoms with Crippen LogP contribution in [0.1, 0.15) is 30.0 Å². The molecule has 3 unspecified atom stereocenters. The largest absolute Gasteiger partial charge is 0.497 e. The lowest BCUT2D eigenvalue weighted by Gasteiger charge is -2.24. The molecule has 0 aromatic heterocycles. The summed E-state index contributed by atoms with van der Waals surface area (Å²) in [6.07, 6.45) is -1.19. The molecule has 0 radical (unpaired) electrons. The summed E-state index contributed by atoms with van der Waals surface area (Å²) >= 11 is 6.15. The number of benzene rings is 3. The highest BCUT2D eigenvalue weighted by Gasteiger charge is 2.53. The molecule has 0 saturated carbocycles. The van der Waals surface area contributed by atoms with Gasteiger partial charge in [-0.05, 0) is 48.3 Å². The van der Waals surface area contributed by atoms with Crippen molar-refractivity contribution in [3.63, 3.8) is 0 Å². The van der Waals surface area contributed by atoms with Crippen molar-refractivity contribution < 1.29 is 24.4 Å². The first kappa shape index (κ1) is 26.7. The van der Waals surface area contributed by atoms with Crippen LogP contribution in [0.4, 0.5) is 5.69 Å². The fourth-order valence-electron chi connectivity index (χ4n) is 5.03. The molecule has 4 N–H and O–H groups in total. The summed E-state index contributed by atoms with van der Waals surface area (Å²) in [5, 5.41) is 22.3. The van der Waals surface area contributed by atoms with Crippen LogP contribution in [0.3, 0.4) is 0 Å². The normalized spacial score (nSPS) is 19.8. The van der Waals surface area contributed by atoms with Gasteiger partial charge in [0.15, 0.2) is 6.17 Å². The van der Waals surface area contributed by atoms with Gasteiger partial charge < -0.3 is 20.1 Å². The minimum Gasteiger partial charge on any atom is -0.497 e. The monoisotopic (exact) mass is 548 g/mol. The van der Waals surface area contributed by atoms with Gasteiger partial charge >= 0.3 is 13.3 Å². The quantitative estimate of drug-likeness (QED) is 0.262. The molecule has 0 spiro atoms. The van der Waals surface area contributed by atoms with Crippen molar-refractivity contribution in [2.24, 2.45) is 4.99 Å². The summed E-state index contributed by atoms with van der Waals surface area (Å²) in [7, 11) is -0.0116. The summed E-state index contributed by atoms with van der Waals surface area (Å²) in [6.45, 7) is 2.06. The van der Waals surface area contributed by atoms with E-state index in [-0.39, 0.29) is 25.0 Å². The summed E-state index contributed by atoms with van der Waals surface area (Å²) in [4.78, 5) is 34.0. The molecule has 1 saturated heterocycles. The molecule has 1 amide bonds. The number of nitrogens with zero attached hydrogens (tertiary/aromatic N) is 3. The van der Waals surface area contributed by atoms with Gasteiger partial charge in [-0.25, -0.2) is 0 Å². The van der Waals surface area contributed by atoms with E-state index < -0.39 is 19.3 Å². The lowest BCUT2D eigenvalue weighted by molar-refractivity contribution is -0.622. The average molecular weight is 549 g/mol. The Kier molecular flexibility index (Phi) is 7.56. The second kappa shape index (κ2) is 11.1. The number of hydrazine groups is 1. The number of aliphatic imine (C=N–C) groups is 1. The zero-order valence-corrected chi connectivity index (χ0v) is 22.2. The van der Waals surface area contributed by atoms with Crippen molar-refractivity contribution in [1.82, 2.24) is 10.7 Å². The maximum absolute atomic E-state index is 13.2. The van der Waals surface area contributed by atoms with E-state index in [1.54, 1.807) is 43.5 Å². The molecule has 0 aliphatic carbocycles. The molecule has 1 fully saturated rings. The Hall–Kier alpha value is -3.93. The molecule has 200 valence electrons. The first-order valence-electron chi connectivity index (χ1n) is 12.5. The standard InChI is InChI=1S/C27H27BClN5O5/c1-16-32-34(38)27-23(14-25(35)30-15-17-4-3-5-19(12-17)28(36)37)31-26(18-6-8-20(29)9-7-18)22-13-21(39-2)10-11-24(22)33(16)27/h3-13,16,23,27,36-37H,14-15H2,1-2H3,(H-,30,32,35,38)/p+1. The second-order valence-corrected chi connectivity index (χ2v) is 9.92. The van der Waals surface area contributed by atoms with Crippen LogP contribution >= 0.6 is 11.6 Å². The lowest BCUT2D eigenvalue weighted by atomic mass is 9.79. The number of methoxy groups -OCH3 is 1. The summed E-state index contributed by atoms with van der Waals surface area (Å²) in [5.74, 6) is 0.336. The van der Waals surface area contributed by atoms with Gasteiger partial charge in [-0.1, -0.05) is 48.0 Å². The van der Waals surface area contributed by atoms with E-state index in [2.05, 4.69) is 10.7 Å². The van der Waals surface area contributed by atoms with E-state index in [0.717, 1.165) is 21.7 Å². The topological polar surface area (TPSA) is 126 Å². The zero-order chi connectivity index (χ0) is 27.7. The third-order valence-corrected chi connectivity index (χ3v) is 7.14. The highest BCUT2D eigenvalue weighted by molar-refractivity contribution is 6.58. The van der Waals surface area contributed by atoms with Gasteiger partial charge in [0, 0.05) is 22.7 Å². The molecular formula is C27H28BClN5O5+. The second-order valence-electron chi connectivity index (χ2n) is 9.49. The number of nitroso groups, excluding NO2 is 1. The highest BCUT2D eigenvalue weighted by Crippen LogP contribution is 2.37. The van der Waals surface area contributed by atoms with Crippen molar-refractivity contribution in [2.75, 3.05) is 12.0 Å². The fraction of sp³-hybridized carbons (Fsp3) is 0.259. The molecule has 2 aliphatic heterocycles. The van der Waals surface area contributed by atoms with Crippen LogP contribution in [0, 0.1) is 4.91 Å². The van der Waals surface area contributed by atoms with Crippen LogP contribution in [0.5, 0.6) is 5.75 Å². The molecular weight excluding hydrogens is 521 g/mol. The van der Waals surface area contributed by atoms with Crippen molar-refractivity contribution in [1.29, 1.82) is 0 Å². The van der Waals surface area contributed by atoms with Gasteiger partial charge in [-0.15, -0.1) is 5.43 Å². The SMILES string of the molecule is COc1ccc2c(c1)C(c1ccc(Cl)cc1)=NC(CC(=O)NCc1cccc(B(O)O)c1)C1N2C(C)N[N+]1=O. The average Bonchev–Trinajstić information content (AvgIpc) is 3.14. The molecule has 2 heterocycles. The van der Waals surface area contributed by atoms with E-state index in [9.17, 15) is 19.7 Å². The number of amides is 1. The number of ether oxygens (including phenoxy) is 1. The van der Waals surface area contributed by atoms with Crippen LogP contribution in [0.2, 0.25) is 5.02 Å². The van der Waals surface area contributed by atoms with Gasteiger partial charge in [-0.3, -0.25) is 14.7 Å². The Bertz CT molecular complexity index is 1430. The van der Waals surface area contributed by atoms with E-state index in [1.807, 2.05) is 42.2 Å².